The van der Waals surface area contributed by atoms with Crippen LogP contribution in [-0.4, -0.2) is 47.6 Å². The number of piperidine rings is 1. The third-order valence-electron chi connectivity index (χ3n) is 3.65. The molecule has 1 fully saturated rings. The molecule has 0 saturated carbocycles. The molecule has 98 valence electrons. The second kappa shape index (κ2) is 5.98. The summed E-state index contributed by atoms with van der Waals surface area (Å²) < 4.78 is 0. The fourth-order valence-electron chi connectivity index (χ4n) is 2.55. The number of likely N-dealkylation sites (tertiary alicyclic amines) is 1. The number of nitrogens with zero attached hydrogens (tertiary/aromatic N) is 1. The predicted octanol–water partition coefficient (Wildman–Crippen LogP) is 1.38. The van der Waals surface area contributed by atoms with Crippen LogP contribution in [0, 0.1) is 0 Å². The molecule has 2 rings (SSSR count). The molecule has 0 aromatic heterocycles. The molecule has 2 N–H and O–H groups in total. The van der Waals surface area contributed by atoms with E-state index >= 15 is 0 Å². The van der Waals surface area contributed by atoms with Gasteiger partial charge in [-0.15, -0.1) is 0 Å². The highest BCUT2D eigenvalue weighted by Crippen LogP contribution is 2.30. The van der Waals surface area contributed by atoms with Gasteiger partial charge in [-0.1, -0.05) is 6.07 Å². The number of β-amino-alcohol motifs (C(OH)–C–C–N with tert-alkyl or cyclic N) is 1. The Morgan fingerprint density at radius 1 is 1.33 bits per heavy atom. The van der Waals surface area contributed by atoms with E-state index in [4.69, 9.17) is 5.11 Å². The molecule has 4 nitrogen and oxygen atoms in total. The van der Waals surface area contributed by atoms with Gasteiger partial charge in [0, 0.05) is 6.54 Å². The molecular formula is C14H19NO3. The number of phenols is 1. The maximum Gasteiger partial charge on any atom is 0.153 e. The first kappa shape index (κ1) is 13.1. The summed E-state index contributed by atoms with van der Waals surface area (Å²) >= 11 is 0. The molecule has 1 aromatic carbocycles. The van der Waals surface area contributed by atoms with E-state index in [1.165, 1.54) is 0 Å². The highest BCUT2D eigenvalue weighted by molar-refractivity contribution is 5.79. The summed E-state index contributed by atoms with van der Waals surface area (Å²) in [5, 5.41) is 18.4. The largest absolute Gasteiger partial charge is 0.507 e. The lowest BCUT2D eigenvalue weighted by Crippen LogP contribution is -2.34. The smallest absolute Gasteiger partial charge is 0.153 e. The summed E-state index contributed by atoms with van der Waals surface area (Å²) in [7, 11) is 0. The molecule has 1 saturated heterocycles. The molecule has 4 heteroatoms. The fourth-order valence-corrected chi connectivity index (χ4v) is 2.55. The quantitative estimate of drug-likeness (QED) is 0.791. The van der Waals surface area contributed by atoms with E-state index in [0.29, 0.717) is 17.8 Å². The second-order valence-corrected chi connectivity index (χ2v) is 4.78. The lowest BCUT2D eigenvalue weighted by molar-refractivity contribution is 0.112. The van der Waals surface area contributed by atoms with Crippen LogP contribution in [0.5, 0.6) is 5.75 Å². The Labute approximate surface area is 107 Å². The lowest BCUT2D eigenvalue weighted by Gasteiger charge is -2.31. The first-order valence-electron chi connectivity index (χ1n) is 6.36. The molecule has 0 radical (unpaired) electrons. The SMILES string of the molecule is O=Cc1cc(C2CCN(CCO)CC2)ccc1O. The van der Waals surface area contributed by atoms with E-state index in [9.17, 15) is 9.90 Å². The van der Waals surface area contributed by atoms with Gasteiger partial charge < -0.3 is 15.1 Å². The summed E-state index contributed by atoms with van der Waals surface area (Å²) in [4.78, 5) is 13.1. The van der Waals surface area contributed by atoms with Crippen LogP contribution in [0.15, 0.2) is 18.2 Å². The molecule has 1 aliphatic heterocycles. The number of aliphatic hydroxyl groups is 1. The number of hydrogen-bond donors (Lipinski definition) is 2. The molecule has 1 aromatic rings. The molecule has 18 heavy (non-hydrogen) atoms. The van der Waals surface area contributed by atoms with Crippen molar-refractivity contribution in [1.82, 2.24) is 4.90 Å². The fraction of sp³-hybridized carbons (Fsp3) is 0.500. The van der Waals surface area contributed by atoms with Gasteiger partial charge in [-0.3, -0.25) is 4.79 Å². The van der Waals surface area contributed by atoms with Crippen molar-refractivity contribution in [3.05, 3.63) is 29.3 Å². The number of rotatable bonds is 4. The number of aldehydes is 1. The molecule has 0 aliphatic carbocycles. The normalized spacial score (nSPS) is 17.8. The summed E-state index contributed by atoms with van der Waals surface area (Å²) in [5.41, 5.74) is 1.49. The van der Waals surface area contributed by atoms with Gasteiger partial charge in [0.25, 0.3) is 0 Å². The first-order valence-corrected chi connectivity index (χ1v) is 6.36. The average molecular weight is 249 g/mol. The van der Waals surface area contributed by atoms with Crippen molar-refractivity contribution in [3.8, 4) is 5.75 Å². The van der Waals surface area contributed by atoms with Gasteiger partial charge in [0.15, 0.2) is 6.29 Å². The zero-order valence-electron chi connectivity index (χ0n) is 10.4. The predicted molar refractivity (Wildman–Crippen MR) is 69.0 cm³/mol. The molecule has 0 bridgehead atoms. The Hall–Kier alpha value is -1.39. The highest BCUT2D eigenvalue weighted by atomic mass is 16.3. The minimum Gasteiger partial charge on any atom is -0.507 e. The Bertz CT molecular complexity index is 412. The number of aliphatic hydroxyl groups excluding tert-OH is 1. The zero-order valence-corrected chi connectivity index (χ0v) is 10.4. The van der Waals surface area contributed by atoms with E-state index in [-0.39, 0.29) is 12.4 Å². The topological polar surface area (TPSA) is 60.8 Å². The molecule has 0 unspecified atom stereocenters. The van der Waals surface area contributed by atoms with Crippen LogP contribution in [0.25, 0.3) is 0 Å². The van der Waals surface area contributed by atoms with Crippen molar-refractivity contribution >= 4 is 6.29 Å². The van der Waals surface area contributed by atoms with Gasteiger partial charge in [0.1, 0.15) is 5.75 Å². The van der Waals surface area contributed by atoms with Crippen molar-refractivity contribution < 1.29 is 15.0 Å². The maximum atomic E-state index is 10.8. The van der Waals surface area contributed by atoms with E-state index in [1.807, 2.05) is 6.07 Å². The minimum atomic E-state index is 0.0477. The van der Waals surface area contributed by atoms with Gasteiger partial charge >= 0.3 is 0 Å². The highest BCUT2D eigenvalue weighted by Gasteiger charge is 2.20. The number of carbonyl (C=O) groups is 1. The lowest BCUT2D eigenvalue weighted by atomic mass is 9.88. The maximum absolute atomic E-state index is 10.8. The van der Waals surface area contributed by atoms with Crippen molar-refractivity contribution in [1.29, 1.82) is 0 Å². The van der Waals surface area contributed by atoms with Gasteiger partial charge in [-0.2, -0.15) is 0 Å². The van der Waals surface area contributed by atoms with E-state index in [1.54, 1.807) is 12.1 Å². The van der Waals surface area contributed by atoms with Crippen molar-refractivity contribution in [2.24, 2.45) is 0 Å². The van der Waals surface area contributed by atoms with Crippen LogP contribution < -0.4 is 0 Å². The van der Waals surface area contributed by atoms with Crippen LogP contribution in [-0.2, 0) is 0 Å². The van der Waals surface area contributed by atoms with Gasteiger partial charge in [-0.05, 0) is 49.5 Å². The first-order chi connectivity index (χ1) is 8.74. The van der Waals surface area contributed by atoms with Crippen molar-refractivity contribution in [2.45, 2.75) is 18.8 Å². The average Bonchev–Trinajstić information content (AvgIpc) is 2.41. The van der Waals surface area contributed by atoms with E-state index in [0.717, 1.165) is 38.0 Å². The second-order valence-electron chi connectivity index (χ2n) is 4.78. The van der Waals surface area contributed by atoms with Crippen LogP contribution >= 0.6 is 0 Å². The molecule has 1 aliphatic rings. The molecule has 0 spiro atoms. The Balaban J connectivity index is 2.03. The number of benzene rings is 1. The number of phenolic OH excluding ortho intramolecular Hbond substituents is 1. The van der Waals surface area contributed by atoms with Gasteiger partial charge in [0.2, 0.25) is 0 Å². The van der Waals surface area contributed by atoms with Crippen LogP contribution in [0.1, 0.15) is 34.7 Å². The Morgan fingerprint density at radius 3 is 2.67 bits per heavy atom. The summed E-state index contributed by atoms with van der Waals surface area (Å²) in [6, 6.07) is 5.28. The minimum absolute atomic E-state index is 0.0477. The standard InChI is InChI=1S/C14H19NO3/c16-8-7-15-5-3-11(4-6-15)12-1-2-14(18)13(9-12)10-17/h1-2,9-11,16,18H,3-8H2. The molecular weight excluding hydrogens is 230 g/mol. The molecule has 1 heterocycles. The van der Waals surface area contributed by atoms with Crippen molar-refractivity contribution in [2.75, 3.05) is 26.2 Å². The van der Waals surface area contributed by atoms with Gasteiger partial charge in [0.05, 0.1) is 12.2 Å². The van der Waals surface area contributed by atoms with Crippen LogP contribution in [0.3, 0.4) is 0 Å². The number of hydrogen-bond acceptors (Lipinski definition) is 4. The van der Waals surface area contributed by atoms with E-state index < -0.39 is 0 Å². The summed E-state index contributed by atoms with van der Waals surface area (Å²) in [6.45, 7) is 2.89. The van der Waals surface area contributed by atoms with Crippen molar-refractivity contribution in [3.63, 3.8) is 0 Å². The number of aromatic hydroxyl groups is 1. The monoisotopic (exact) mass is 249 g/mol. The number of carbonyl (C=O) groups excluding carboxylic acids is 1. The third kappa shape index (κ3) is 2.89. The third-order valence-corrected chi connectivity index (χ3v) is 3.65. The van der Waals surface area contributed by atoms with Gasteiger partial charge in [-0.25, -0.2) is 0 Å². The van der Waals surface area contributed by atoms with E-state index in [2.05, 4.69) is 4.90 Å². The summed E-state index contributed by atoms with van der Waals surface area (Å²) in [5.74, 6) is 0.491. The van der Waals surface area contributed by atoms with Crippen LogP contribution in [0.2, 0.25) is 0 Å². The Kier molecular flexibility index (Phi) is 4.33. The molecule has 0 atom stereocenters. The molecule has 0 amide bonds. The van der Waals surface area contributed by atoms with Crippen LogP contribution in [0.4, 0.5) is 0 Å². The summed E-state index contributed by atoms with van der Waals surface area (Å²) in [6.07, 6.45) is 2.76. The zero-order chi connectivity index (χ0) is 13.0. The Morgan fingerprint density at radius 2 is 2.06 bits per heavy atom.